The van der Waals surface area contributed by atoms with Crippen molar-refractivity contribution >= 4 is 11.5 Å². The third kappa shape index (κ3) is 3.19. The van der Waals surface area contributed by atoms with E-state index in [4.69, 9.17) is 5.73 Å². The van der Waals surface area contributed by atoms with Crippen molar-refractivity contribution in [1.29, 1.82) is 0 Å². The molecule has 0 aromatic heterocycles. The van der Waals surface area contributed by atoms with Gasteiger partial charge in [-0.15, -0.1) is 0 Å². The number of aryl methyl sites for hydroxylation is 2. The van der Waals surface area contributed by atoms with Crippen LogP contribution in [0.15, 0.2) is 23.8 Å². The highest BCUT2D eigenvalue weighted by Crippen LogP contribution is 2.22. The number of carbonyl (C=O) groups is 1. The average Bonchev–Trinajstić information content (AvgIpc) is 2.14. The van der Waals surface area contributed by atoms with Gasteiger partial charge >= 0.3 is 0 Å². The number of hydrogen-bond donors (Lipinski definition) is 1. The first kappa shape index (κ1) is 13.5. The van der Waals surface area contributed by atoms with Crippen molar-refractivity contribution < 1.29 is 6.22 Å². The fourth-order valence-electron chi connectivity index (χ4n) is 2.19. The largest absolute Gasteiger partial charge is 0.398 e. The Morgan fingerprint density at radius 2 is 1.65 bits per heavy atom. The molecule has 0 radical (unpaired) electrons. The van der Waals surface area contributed by atoms with Crippen molar-refractivity contribution in [2.75, 3.05) is 0 Å². The molecule has 0 saturated carbocycles. The topological polar surface area (TPSA) is 43.1 Å². The van der Waals surface area contributed by atoms with E-state index >= 15 is 0 Å². The molecule has 1 rings (SSSR count). The third-order valence-corrected chi connectivity index (χ3v) is 2.78. The van der Waals surface area contributed by atoms with Gasteiger partial charge in [0.1, 0.15) is 0 Å². The van der Waals surface area contributed by atoms with E-state index in [0.717, 1.165) is 22.3 Å². The SMILES string of the molecule is CC(=O)/C(=C(\N)c1cc(C)cc(C)c1)C(C)C.[HH]. The van der Waals surface area contributed by atoms with E-state index in [2.05, 4.69) is 6.07 Å². The smallest absolute Gasteiger partial charge is 0.158 e. The number of ketones is 1. The van der Waals surface area contributed by atoms with Gasteiger partial charge < -0.3 is 5.73 Å². The molecular weight excluding hydrogens is 210 g/mol. The molecule has 2 nitrogen and oxygen atoms in total. The van der Waals surface area contributed by atoms with E-state index in [0.29, 0.717) is 5.70 Å². The van der Waals surface area contributed by atoms with Gasteiger partial charge in [0.15, 0.2) is 5.78 Å². The predicted molar refractivity (Wildman–Crippen MR) is 74.7 cm³/mol. The maximum Gasteiger partial charge on any atom is 0.158 e. The molecule has 0 aliphatic rings. The number of rotatable bonds is 3. The summed E-state index contributed by atoms with van der Waals surface area (Å²) in [4.78, 5) is 11.6. The Labute approximate surface area is 105 Å². The zero-order valence-electron chi connectivity index (χ0n) is 11.3. The fourth-order valence-corrected chi connectivity index (χ4v) is 2.19. The normalized spacial score (nSPS) is 12.6. The highest BCUT2D eigenvalue weighted by Gasteiger charge is 2.14. The Hall–Kier alpha value is -1.57. The number of nitrogens with two attached hydrogens (primary N) is 1. The second-order valence-electron chi connectivity index (χ2n) is 4.91. The molecule has 94 valence electrons. The molecule has 0 atom stereocenters. The van der Waals surface area contributed by atoms with Crippen LogP contribution in [0.25, 0.3) is 5.70 Å². The maximum atomic E-state index is 11.6. The van der Waals surface area contributed by atoms with E-state index in [1.54, 1.807) is 6.92 Å². The second kappa shape index (κ2) is 5.17. The Morgan fingerprint density at radius 1 is 1.18 bits per heavy atom. The van der Waals surface area contributed by atoms with Gasteiger partial charge in [-0.3, -0.25) is 4.79 Å². The van der Waals surface area contributed by atoms with Gasteiger partial charge in [0.05, 0.1) is 0 Å². The Kier molecular flexibility index (Phi) is 4.11. The Bertz CT molecular complexity index is 455. The highest BCUT2D eigenvalue weighted by molar-refractivity contribution is 6.00. The molecule has 0 saturated heterocycles. The minimum absolute atomic E-state index is 0. The van der Waals surface area contributed by atoms with E-state index < -0.39 is 0 Å². The zero-order chi connectivity index (χ0) is 13.2. The summed E-state index contributed by atoms with van der Waals surface area (Å²) in [6.45, 7) is 9.63. The Balaban J connectivity index is 0.00000289. The van der Waals surface area contributed by atoms with Crippen LogP contribution in [-0.2, 0) is 4.79 Å². The summed E-state index contributed by atoms with van der Waals surface area (Å²) in [7, 11) is 0. The highest BCUT2D eigenvalue weighted by atomic mass is 16.1. The summed E-state index contributed by atoms with van der Waals surface area (Å²) in [6, 6.07) is 6.14. The van der Waals surface area contributed by atoms with Gasteiger partial charge in [-0.25, -0.2) is 0 Å². The number of allylic oxidation sites excluding steroid dienone is 1. The molecule has 0 fully saturated rings. The molecule has 0 aliphatic heterocycles. The average molecular weight is 233 g/mol. The Morgan fingerprint density at radius 3 is 2.00 bits per heavy atom. The number of carbonyl (C=O) groups excluding carboxylic acids is 1. The lowest BCUT2D eigenvalue weighted by Gasteiger charge is -2.14. The lowest BCUT2D eigenvalue weighted by atomic mass is 9.93. The summed E-state index contributed by atoms with van der Waals surface area (Å²) < 4.78 is 0. The maximum absolute atomic E-state index is 11.6. The lowest BCUT2D eigenvalue weighted by molar-refractivity contribution is -0.113. The van der Waals surface area contributed by atoms with Crippen LogP contribution in [0.2, 0.25) is 0 Å². The summed E-state index contributed by atoms with van der Waals surface area (Å²) in [5, 5.41) is 0. The van der Waals surface area contributed by atoms with Crippen molar-refractivity contribution in [1.82, 2.24) is 0 Å². The van der Waals surface area contributed by atoms with Crippen molar-refractivity contribution in [3.8, 4) is 0 Å². The lowest BCUT2D eigenvalue weighted by Crippen LogP contribution is -2.12. The molecule has 1 aromatic rings. The van der Waals surface area contributed by atoms with Crippen molar-refractivity contribution in [3.63, 3.8) is 0 Å². The van der Waals surface area contributed by atoms with Crippen LogP contribution >= 0.6 is 0 Å². The molecular formula is C15H23NO. The number of benzene rings is 1. The molecule has 0 heterocycles. The standard InChI is InChI=1S/C15H21NO.H2/c1-9(2)14(12(5)17)15(16)13-7-10(3)6-11(4)8-13;/h6-9H,16H2,1-5H3;1H/b15-14-;. The van der Waals surface area contributed by atoms with Crippen LogP contribution < -0.4 is 5.73 Å². The van der Waals surface area contributed by atoms with E-state index in [9.17, 15) is 4.79 Å². The molecule has 2 heteroatoms. The van der Waals surface area contributed by atoms with E-state index in [1.165, 1.54) is 0 Å². The van der Waals surface area contributed by atoms with E-state index in [-0.39, 0.29) is 13.1 Å². The molecule has 1 aromatic carbocycles. The van der Waals surface area contributed by atoms with Crippen molar-refractivity contribution in [2.45, 2.75) is 34.6 Å². The zero-order valence-corrected chi connectivity index (χ0v) is 11.3. The number of Topliss-reactive ketones (excluding diaryl/α,β-unsaturated/α-hetero) is 1. The molecule has 2 N–H and O–H groups in total. The third-order valence-electron chi connectivity index (χ3n) is 2.78. The summed E-state index contributed by atoms with van der Waals surface area (Å²) in [6.07, 6.45) is 0. The van der Waals surface area contributed by atoms with Crippen LogP contribution in [0.5, 0.6) is 0 Å². The van der Waals surface area contributed by atoms with Gasteiger partial charge in [-0.05, 0) is 44.4 Å². The first-order chi connectivity index (χ1) is 7.82. The van der Waals surface area contributed by atoms with Crippen molar-refractivity contribution in [3.05, 3.63) is 40.5 Å². The monoisotopic (exact) mass is 233 g/mol. The first-order valence-corrected chi connectivity index (χ1v) is 5.92. The molecule has 0 spiro atoms. The van der Waals surface area contributed by atoms with Gasteiger partial charge in [-0.2, -0.15) is 0 Å². The minimum Gasteiger partial charge on any atom is -0.398 e. The summed E-state index contributed by atoms with van der Waals surface area (Å²) in [5.74, 6) is 0.199. The van der Waals surface area contributed by atoms with Gasteiger partial charge in [0.25, 0.3) is 0 Å². The minimum atomic E-state index is 0. The first-order valence-electron chi connectivity index (χ1n) is 5.92. The van der Waals surface area contributed by atoms with Crippen LogP contribution in [0.3, 0.4) is 0 Å². The van der Waals surface area contributed by atoms with Crippen LogP contribution in [0.1, 0.15) is 38.9 Å². The molecule has 17 heavy (non-hydrogen) atoms. The summed E-state index contributed by atoms with van der Waals surface area (Å²) in [5.41, 5.74) is 10.7. The van der Waals surface area contributed by atoms with Crippen molar-refractivity contribution in [2.24, 2.45) is 11.7 Å². The summed E-state index contributed by atoms with van der Waals surface area (Å²) >= 11 is 0. The quantitative estimate of drug-likeness (QED) is 0.812. The van der Waals surface area contributed by atoms with Crippen LogP contribution in [0, 0.1) is 19.8 Å². The molecule has 0 unspecified atom stereocenters. The van der Waals surface area contributed by atoms with Crippen LogP contribution in [0.4, 0.5) is 0 Å². The second-order valence-corrected chi connectivity index (χ2v) is 4.91. The number of hydrogen-bond acceptors (Lipinski definition) is 2. The van der Waals surface area contributed by atoms with Gasteiger partial charge in [0.2, 0.25) is 0 Å². The van der Waals surface area contributed by atoms with Crippen LogP contribution in [-0.4, -0.2) is 5.78 Å². The molecule has 0 amide bonds. The molecule has 0 aliphatic carbocycles. The van der Waals surface area contributed by atoms with E-state index in [1.807, 2.05) is 39.8 Å². The van der Waals surface area contributed by atoms with Gasteiger partial charge in [0, 0.05) is 12.7 Å². The molecule has 0 bridgehead atoms. The predicted octanol–water partition coefficient (Wildman–Crippen LogP) is 3.46. The van der Waals surface area contributed by atoms with Gasteiger partial charge in [-0.1, -0.05) is 31.0 Å². The fraction of sp³-hybridized carbons (Fsp3) is 0.400.